The monoisotopic (exact) mass is 374 g/mol. The number of para-hydroxylation sites is 1. The maximum absolute atomic E-state index is 12.5. The van der Waals surface area contributed by atoms with E-state index in [9.17, 15) is 9.59 Å². The number of methoxy groups -OCH3 is 1. The number of esters is 2. The van der Waals surface area contributed by atoms with Gasteiger partial charge in [-0.25, -0.2) is 9.59 Å². The molecule has 3 aromatic carbocycles. The first-order valence-corrected chi connectivity index (χ1v) is 8.99. The van der Waals surface area contributed by atoms with Gasteiger partial charge < -0.3 is 9.47 Å². The minimum atomic E-state index is -0.552. The van der Waals surface area contributed by atoms with Gasteiger partial charge in [-0.2, -0.15) is 0 Å². The van der Waals surface area contributed by atoms with Crippen LogP contribution >= 0.6 is 0 Å². The van der Waals surface area contributed by atoms with Gasteiger partial charge in [0.05, 0.1) is 12.7 Å². The van der Waals surface area contributed by atoms with E-state index in [0.29, 0.717) is 5.56 Å². The highest BCUT2D eigenvalue weighted by molar-refractivity contribution is 5.96. The Bertz CT molecular complexity index is 973. The number of ether oxygens (including phenoxy) is 2. The van der Waals surface area contributed by atoms with Crippen LogP contribution in [0.3, 0.4) is 0 Å². The number of benzene rings is 3. The molecule has 0 spiro atoms. The molecule has 0 fully saturated rings. The van der Waals surface area contributed by atoms with E-state index in [1.165, 1.54) is 12.7 Å². The van der Waals surface area contributed by atoms with Crippen LogP contribution in [0.2, 0.25) is 0 Å². The molecule has 4 heteroatoms. The van der Waals surface area contributed by atoms with E-state index in [0.717, 1.165) is 5.56 Å². The minimum Gasteiger partial charge on any atom is -0.465 e. The maximum atomic E-state index is 12.5. The summed E-state index contributed by atoms with van der Waals surface area (Å²) in [7, 11) is 1.29. The lowest BCUT2D eigenvalue weighted by Gasteiger charge is -2.26. The van der Waals surface area contributed by atoms with Gasteiger partial charge in [0.25, 0.3) is 0 Å². The van der Waals surface area contributed by atoms with Crippen molar-refractivity contribution in [3.63, 3.8) is 0 Å². The topological polar surface area (TPSA) is 52.6 Å². The quantitative estimate of drug-likeness (QED) is 0.465. The Balaban J connectivity index is 1.81. The minimum absolute atomic E-state index is 0.174. The van der Waals surface area contributed by atoms with Crippen LogP contribution in [0.25, 0.3) is 0 Å². The molecular formula is C24H22O4. The number of carbonyl (C=O) groups excluding carboxylic acids is 2. The highest BCUT2D eigenvalue weighted by atomic mass is 16.5. The fraction of sp³-hybridized carbons (Fsp3) is 0.167. The molecule has 4 nitrogen and oxygen atoms in total. The van der Waals surface area contributed by atoms with Gasteiger partial charge >= 0.3 is 11.9 Å². The predicted molar refractivity (Wildman–Crippen MR) is 108 cm³/mol. The van der Waals surface area contributed by atoms with Crippen molar-refractivity contribution in [2.24, 2.45) is 0 Å². The highest BCUT2D eigenvalue weighted by Gasteiger charge is 2.23. The molecule has 0 aliphatic rings. The number of hydrogen-bond donors (Lipinski definition) is 0. The summed E-state index contributed by atoms with van der Waals surface area (Å²) < 4.78 is 10.2. The molecule has 0 amide bonds. The Kier molecular flexibility index (Phi) is 5.59. The van der Waals surface area contributed by atoms with Gasteiger partial charge in [0.15, 0.2) is 0 Å². The van der Waals surface area contributed by atoms with E-state index in [1.54, 1.807) is 36.4 Å². The van der Waals surface area contributed by atoms with Crippen molar-refractivity contribution in [3.05, 3.63) is 101 Å². The van der Waals surface area contributed by atoms with Gasteiger partial charge in [-0.3, -0.25) is 0 Å². The second-order valence-corrected chi connectivity index (χ2v) is 6.95. The summed E-state index contributed by atoms with van der Waals surface area (Å²) in [4.78, 5) is 24.4. The molecule has 0 N–H and O–H groups in total. The largest absolute Gasteiger partial charge is 0.465 e. The molecule has 0 aliphatic heterocycles. The van der Waals surface area contributed by atoms with E-state index >= 15 is 0 Å². The number of carbonyl (C=O) groups is 2. The lowest BCUT2D eigenvalue weighted by atomic mass is 9.78. The second kappa shape index (κ2) is 8.09. The SMILES string of the molecule is COC(=O)c1ccccc1OC(=O)c1ccc(C(C)(C)c2ccccc2)cc1. The van der Waals surface area contributed by atoms with Gasteiger partial charge in [0.2, 0.25) is 0 Å². The Morgan fingerprint density at radius 2 is 1.29 bits per heavy atom. The summed E-state index contributed by atoms with van der Waals surface area (Å²) in [6.07, 6.45) is 0. The smallest absolute Gasteiger partial charge is 0.343 e. The summed E-state index contributed by atoms with van der Waals surface area (Å²) in [5.74, 6) is -0.906. The van der Waals surface area contributed by atoms with E-state index < -0.39 is 11.9 Å². The molecule has 3 rings (SSSR count). The van der Waals surface area contributed by atoms with Gasteiger partial charge in [0.1, 0.15) is 11.3 Å². The lowest BCUT2D eigenvalue weighted by molar-refractivity contribution is 0.0593. The Hall–Kier alpha value is -3.40. The third kappa shape index (κ3) is 3.96. The first-order valence-electron chi connectivity index (χ1n) is 8.99. The normalized spacial score (nSPS) is 11.0. The van der Waals surface area contributed by atoms with Crippen molar-refractivity contribution < 1.29 is 19.1 Å². The van der Waals surface area contributed by atoms with E-state index in [1.807, 2.05) is 30.3 Å². The average Bonchev–Trinajstić information content (AvgIpc) is 2.74. The highest BCUT2D eigenvalue weighted by Crippen LogP contribution is 2.31. The third-order valence-electron chi connectivity index (χ3n) is 4.83. The first-order chi connectivity index (χ1) is 13.4. The molecule has 0 aromatic heterocycles. The summed E-state index contributed by atoms with van der Waals surface area (Å²) in [5.41, 5.74) is 2.70. The van der Waals surface area contributed by atoms with Crippen molar-refractivity contribution in [3.8, 4) is 5.75 Å². The molecule has 0 aliphatic carbocycles. The van der Waals surface area contributed by atoms with E-state index in [2.05, 4.69) is 26.0 Å². The average molecular weight is 374 g/mol. The fourth-order valence-electron chi connectivity index (χ4n) is 3.04. The van der Waals surface area contributed by atoms with Gasteiger partial charge in [-0.15, -0.1) is 0 Å². The zero-order valence-electron chi connectivity index (χ0n) is 16.1. The zero-order chi connectivity index (χ0) is 20.1. The summed E-state index contributed by atoms with van der Waals surface area (Å²) >= 11 is 0. The maximum Gasteiger partial charge on any atom is 0.343 e. The van der Waals surface area contributed by atoms with Crippen LogP contribution in [0.5, 0.6) is 5.75 Å². The molecule has 0 heterocycles. The Morgan fingerprint density at radius 3 is 1.93 bits per heavy atom. The molecule has 0 atom stereocenters. The molecule has 3 aromatic rings. The molecule has 0 bridgehead atoms. The Morgan fingerprint density at radius 1 is 0.714 bits per heavy atom. The van der Waals surface area contributed by atoms with Gasteiger partial charge in [-0.1, -0.05) is 68.4 Å². The van der Waals surface area contributed by atoms with Crippen molar-refractivity contribution in [1.82, 2.24) is 0 Å². The van der Waals surface area contributed by atoms with Gasteiger partial charge in [0, 0.05) is 5.41 Å². The molecule has 0 saturated carbocycles. The summed E-state index contributed by atoms with van der Waals surface area (Å²) in [5, 5.41) is 0. The molecule has 0 saturated heterocycles. The number of hydrogen-bond acceptors (Lipinski definition) is 4. The third-order valence-corrected chi connectivity index (χ3v) is 4.83. The van der Waals surface area contributed by atoms with Crippen molar-refractivity contribution in [1.29, 1.82) is 0 Å². The first kappa shape index (κ1) is 19.4. The molecular weight excluding hydrogens is 352 g/mol. The van der Waals surface area contributed by atoms with Crippen LogP contribution in [0.15, 0.2) is 78.9 Å². The standard InChI is InChI=1S/C24H22O4/c1-24(2,18-9-5-4-6-10-18)19-15-13-17(14-16-19)22(25)28-21-12-8-7-11-20(21)23(26)27-3/h4-16H,1-3H3. The lowest BCUT2D eigenvalue weighted by Crippen LogP contribution is -2.19. The Labute approximate surface area is 164 Å². The van der Waals surface area contributed by atoms with E-state index in [4.69, 9.17) is 9.47 Å². The fourth-order valence-corrected chi connectivity index (χ4v) is 3.04. The summed E-state index contributed by atoms with van der Waals surface area (Å²) in [6, 6.07) is 24.0. The van der Waals surface area contributed by atoms with Crippen molar-refractivity contribution >= 4 is 11.9 Å². The molecule has 0 radical (unpaired) electrons. The van der Waals surface area contributed by atoms with Crippen molar-refractivity contribution in [2.75, 3.05) is 7.11 Å². The van der Waals surface area contributed by atoms with Crippen LogP contribution in [-0.4, -0.2) is 19.0 Å². The van der Waals surface area contributed by atoms with Gasteiger partial charge in [-0.05, 0) is 35.4 Å². The van der Waals surface area contributed by atoms with Crippen molar-refractivity contribution in [2.45, 2.75) is 19.3 Å². The van der Waals surface area contributed by atoms with Crippen LogP contribution in [0.4, 0.5) is 0 Å². The summed E-state index contributed by atoms with van der Waals surface area (Å²) in [6.45, 7) is 4.28. The van der Waals surface area contributed by atoms with Crippen LogP contribution in [-0.2, 0) is 10.2 Å². The number of rotatable bonds is 5. The van der Waals surface area contributed by atoms with Crippen LogP contribution < -0.4 is 4.74 Å². The molecule has 142 valence electrons. The van der Waals surface area contributed by atoms with E-state index in [-0.39, 0.29) is 16.7 Å². The molecule has 0 unspecified atom stereocenters. The van der Waals surface area contributed by atoms with Crippen LogP contribution in [0, 0.1) is 0 Å². The zero-order valence-corrected chi connectivity index (χ0v) is 16.1. The second-order valence-electron chi connectivity index (χ2n) is 6.95. The van der Waals surface area contributed by atoms with Crippen LogP contribution in [0.1, 0.15) is 45.7 Å². The predicted octanol–water partition coefficient (Wildman–Crippen LogP) is 5.02. The molecule has 28 heavy (non-hydrogen) atoms.